The lowest BCUT2D eigenvalue weighted by molar-refractivity contribution is 0.398. The van der Waals surface area contributed by atoms with Crippen LogP contribution in [0.1, 0.15) is 0 Å². The van der Waals surface area contributed by atoms with Gasteiger partial charge in [-0.1, -0.05) is 11.6 Å². The zero-order valence-corrected chi connectivity index (χ0v) is 9.08. The number of nitrogens with zero attached hydrogens (tertiary/aromatic N) is 2. The number of hydrogen-bond acceptors (Lipinski definition) is 4. The summed E-state index contributed by atoms with van der Waals surface area (Å²) in [7, 11) is 3.17. The van der Waals surface area contributed by atoms with Crippen LogP contribution in [0.25, 0.3) is 10.8 Å². The van der Waals surface area contributed by atoms with Crippen LogP contribution in [0.4, 0.5) is 0 Å². The summed E-state index contributed by atoms with van der Waals surface area (Å²) >= 11 is 5.93. The van der Waals surface area contributed by atoms with Crippen LogP contribution in [0.5, 0.6) is 11.5 Å². The highest BCUT2D eigenvalue weighted by Gasteiger charge is 2.08. The van der Waals surface area contributed by atoms with Gasteiger partial charge in [0.1, 0.15) is 11.5 Å². The van der Waals surface area contributed by atoms with Crippen LogP contribution in [-0.2, 0) is 0 Å². The smallest absolute Gasteiger partial charge is 0.159 e. The van der Waals surface area contributed by atoms with E-state index in [0.717, 1.165) is 10.8 Å². The number of hydrogen-bond donors (Lipinski definition) is 0. The lowest BCUT2D eigenvalue weighted by atomic mass is 10.2. The molecule has 0 N–H and O–H groups in total. The fraction of sp³-hybridized carbons (Fsp3) is 0.200. The fourth-order valence-electron chi connectivity index (χ4n) is 1.38. The second kappa shape index (κ2) is 3.90. The molecule has 0 atom stereocenters. The van der Waals surface area contributed by atoms with Gasteiger partial charge in [0.2, 0.25) is 0 Å². The van der Waals surface area contributed by atoms with Gasteiger partial charge in [0, 0.05) is 16.8 Å². The molecule has 4 nitrogen and oxygen atoms in total. The summed E-state index contributed by atoms with van der Waals surface area (Å²) in [4.78, 5) is 0. The van der Waals surface area contributed by atoms with Gasteiger partial charge in [-0.05, 0) is 6.07 Å². The van der Waals surface area contributed by atoms with E-state index in [1.165, 1.54) is 0 Å². The summed E-state index contributed by atoms with van der Waals surface area (Å²) in [5, 5.41) is 9.46. The molecule has 0 aliphatic carbocycles. The normalized spacial score (nSPS) is 10.3. The van der Waals surface area contributed by atoms with Crippen LogP contribution in [0.15, 0.2) is 18.3 Å². The van der Waals surface area contributed by atoms with E-state index in [4.69, 9.17) is 21.1 Å². The van der Waals surface area contributed by atoms with Gasteiger partial charge in [0.15, 0.2) is 5.15 Å². The molecule has 0 amide bonds. The summed E-state index contributed by atoms with van der Waals surface area (Å²) in [5.41, 5.74) is 0. The first-order valence-electron chi connectivity index (χ1n) is 4.29. The Morgan fingerprint density at radius 1 is 1.13 bits per heavy atom. The predicted molar refractivity (Wildman–Crippen MR) is 57.7 cm³/mol. The predicted octanol–water partition coefficient (Wildman–Crippen LogP) is 2.30. The molecule has 2 rings (SSSR count). The summed E-state index contributed by atoms with van der Waals surface area (Å²) in [6.07, 6.45) is 1.61. The first-order valence-corrected chi connectivity index (χ1v) is 4.67. The van der Waals surface area contributed by atoms with E-state index in [-0.39, 0.29) is 0 Å². The van der Waals surface area contributed by atoms with Gasteiger partial charge < -0.3 is 9.47 Å². The van der Waals surface area contributed by atoms with Crippen LogP contribution >= 0.6 is 11.6 Å². The summed E-state index contributed by atoms with van der Waals surface area (Å²) in [6, 6.07) is 3.58. The topological polar surface area (TPSA) is 44.2 Å². The molecule has 5 heteroatoms. The minimum atomic E-state index is 0.338. The molecule has 0 unspecified atom stereocenters. The van der Waals surface area contributed by atoms with Gasteiger partial charge >= 0.3 is 0 Å². The largest absolute Gasteiger partial charge is 0.497 e. The maximum absolute atomic E-state index is 5.93. The molecule has 1 heterocycles. The third-order valence-electron chi connectivity index (χ3n) is 2.13. The van der Waals surface area contributed by atoms with Crippen molar-refractivity contribution in [1.29, 1.82) is 0 Å². The quantitative estimate of drug-likeness (QED) is 0.785. The lowest BCUT2D eigenvalue weighted by Gasteiger charge is -2.08. The first kappa shape index (κ1) is 9.98. The number of ether oxygens (including phenoxy) is 2. The van der Waals surface area contributed by atoms with E-state index < -0.39 is 0 Å². The van der Waals surface area contributed by atoms with Crippen molar-refractivity contribution in [2.75, 3.05) is 14.2 Å². The van der Waals surface area contributed by atoms with Gasteiger partial charge in [-0.25, -0.2) is 0 Å². The van der Waals surface area contributed by atoms with E-state index in [9.17, 15) is 0 Å². The third-order valence-corrected chi connectivity index (χ3v) is 2.41. The van der Waals surface area contributed by atoms with Crippen molar-refractivity contribution in [3.05, 3.63) is 23.5 Å². The molecule has 15 heavy (non-hydrogen) atoms. The standard InChI is InChI=1S/C10H9ClN2O2/c1-14-6-3-7-8(9(4-6)15-2)5-12-13-10(7)11/h3-5H,1-2H3. The van der Waals surface area contributed by atoms with Gasteiger partial charge in [0.05, 0.1) is 20.4 Å². The third kappa shape index (κ3) is 1.68. The maximum Gasteiger partial charge on any atom is 0.159 e. The molecule has 0 saturated heterocycles. The fourth-order valence-corrected chi connectivity index (χ4v) is 1.58. The Morgan fingerprint density at radius 2 is 1.93 bits per heavy atom. The van der Waals surface area contributed by atoms with Crippen molar-refractivity contribution in [3.8, 4) is 11.5 Å². The summed E-state index contributed by atoms with van der Waals surface area (Å²) in [5.74, 6) is 1.34. The average molecular weight is 225 g/mol. The van der Waals surface area contributed by atoms with Crippen molar-refractivity contribution < 1.29 is 9.47 Å². The van der Waals surface area contributed by atoms with Gasteiger partial charge in [0.25, 0.3) is 0 Å². The van der Waals surface area contributed by atoms with Crippen molar-refractivity contribution >= 4 is 22.4 Å². The Kier molecular flexibility index (Phi) is 2.60. The monoisotopic (exact) mass is 224 g/mol. The molecule has 0 fully saturated rings. The lowest BCUT2D eigenvalue weighted by Crippen LogP contribution is -1.91. The van der Waals surface area contributed by atoms with Gasteiger partial charge in [-0.15, -0.1) is 5.10 Å². The molecule has 1 aromatic heterocycles. The first-order chi connectivity index (χ1) is 7.26. The van der Waals surface area contributed by atoms with Gasteiger partial charge in [-0.3, -0.25) is 0 Å². The summed E-state index contributed by atoms with van der Waals surface area (Å²) < 4.78 is 10.4. The molecular formula is C10H9ClN2O2. The number of rotatable bonds is 2. The van der Waals surface area contributed by atoms with Crippen LogP contribution in [0, 0.1) is 0 Å². The molecule has 0 radical (unpaired) electrons. The second-order valence-corrected chi connectivity index (χ2v) is 3.28. The summed E-state index contributed by atoms with van der Waals surface area (Å²) in [6.45, 7) is 0. The van der Waals surface area contributed by atoms with Crippen molar-refractivity contribution in [1.82, 2.24) is 10.2 Å². The molecule has 0 saturated carbocycles. The number of methoxy groups -OCH3 is 2. The molecule has 0 aliphatic rings. The number of halogens is 1. The SMILES string of the molecule is COc1cc(OC)c2cnnc(Cl)c2c1. The van der Waals surface area contributed by atoms with Gasteiger partial charge in [-0.2, -0.15) is 5.10 Å². The Balaban J connectivity index is 2.80. The van der Waals surface area contributed by atoms with E-state index in [1.54, 1.807) is 32.5 Å². The second-order valence-electron chi connectivity index (χ2n) is 2.93. The minimum Gasteiger partial charge on any atom is -0.497 e. The highest BCUT2D eigenvalue weighted by molar-refractivity contribution is 6.34. The Labute approximate surface area is 91.8 Å². The highest BCUT2D eigenvalue weighted by Crippen LogP contribution is 2.32. The van der Waals surface area contributed by atoms with E-state index in [0.29, 0.717) is 16.7 Å². The minimum absolute atomic E-state index is 0.338. The Morgan fingerprint density at radius 3 is 2.60 bits per heavy atom. The highest BCUT2D eigenvalue weighted by atomic mass is 35.5. The van der Waals surface area contributed by atoms with Crippen LogP contribution < -0.4 is 9.47 Å². The Hall–Kier alpha value is -1.55. The van der Waals surface area contributed by atoms with Crippen molar-refractivity contribution in [2.24, 2.45) is 0 Å². The average Bonchev–Trinajstić information content (AvgIpc) is 2.28. The van der Waals surface area contributed by atoms with Crippen molar-refractivity contribution in [3.63, 3.8) is 0 Å². The molecule has 0 aliphatic heterocycles. The zero-order valence-electron chi connectivity index (χ0n) is 8.32. The number of benzene rings is 1. The van der Waals surface area contributed by atoms with E-state index in [1.807, 2.05) is 0 Å². The number of aromatic nitrogens is 2. The molecule has 78 valence electrons. The molecule has 2 aromatic rings. The Bertz CT molecular complexity index is 502. The molecule has 1 aromatic carbocycles. The van der Waals surface area contributed by atoms with Crippen LogP contribution in [-0.4, -0.2) is 24.4 Å². The number of fused-ring (bicyclic) bond motifs is 1. The van der Waals surface area contributed by atoms with Crippen LogP contribution in [0.3, 0.4) is 0 Å². The molecule has 0 spiro atoms. The molecule has 0 bridgehead atoms. The van der Waals surface area contributed by atoms with E-state index in [2.05, 4.69) is 10.2 Å². The van der Waals surface area contributed by atoms with Crippen LogP contribution in [0.2, 0.25) is 5.15 Å². The maximum atomic E-state index is 5.93. The zero-order chi connectivity index (χ0) is 10.8. The molecular weight excluding hydrogens is 216 g/mol. The van der Waals surface area contributed by atoms with Crippen molar-refractivity contribution in [2.45, 2.75) is 0 Å². The van der Waals surface area contributed by atoms with E-state index >= 15 is 0 Å².